The summed E-state index contributed by atoms with van der Waals surface area (Å²) in [5.74, 6) is -0.287. The second kappa shape index (κ2) is 5.48. The van der Waals surface area contributed by atoms with Crippen LogP contribution >= 0.6 is 0 Å². The third-order valence-corrected chi connectivity index (χ3v) is 2.25. The molecular weight excluding hydrogens is 220 g/mol. The summed E-state index contributed by atoms with van der Waals surface area (Å²) in [6, 6.07) is 3.31. The fourth-order valence-corrected chi connectivity index (χ4v) is 1.67. The maximum absolute atomic E-state index is 11.7. The van der Waals surface area contributed by atoms with Gasteiger partial charge in [0.1, 0.15) is 5.75 Å². The molecule has 1 rings (SSSR count). The average Bonchev–Trinajstić information content (AvgIpc) is 2.15. The molecule has 0 radical (unpaired) electrons. The highest BCUT2D eigenvalue weighted by Gasteiger charge is 2.15. The Balaban J connectivity index is 3.10. The van der Waals surface area contributed by atoms with Gasteiger partial charge in [-0.1, -0.05) is 0 Å². The average molecular weight is 236 g/mol. The lowest BCUT2D eigenvalue weighted by Crippen LogP contribution is -2.10. The van der Waals surface area contributed by atoms with Gasteiger partial charge in [0.25, 0.3) is 0 Å². The Morgan fingerprint density at radius 3 is 2.12 bits per heavy atom. The van der Waals surface area contributed by atoms with Crippen molar-refractivity contribution in [1.82, 2.24) is 0 Å². The summed E-state index contributed by atoms with van der Waals surface area (Å²) in [4.78, 5) is 22.5. The SMILES string of the molecule is CCOC(=O)c1c(C)cc(OC(C)=O)cc1C. The van der Waals surface area contributed by atoms with Gasteiger partial charge in [-0.2, -0.15) is 0 Å². The zero-order valence-corrected chi connectivity index (χ0v) is 10.5. The van der Waals surface area contributed by atoms with E-state index in [9.17, 15) is 9.59 Å². The van der Waals surface area contributed by atoms with Crippen molar-refractivity contribution in [2.24, 2.45) is 0 Å². The molecule has 4 heteroatoms. The number of hydrogen-bond acceptors (Lipinski definition) is 4. The largest absolute Gasteiger partial charge is 0.462 e. The molecule has 0 aliphatic carbocycles. The minimum Gasteiger partial charge on any atom is -0.462 e. The molecule has 1 aromatic rings. The lowest BCUT2D eigenvalue weighted by atomic mass is 10.0. The number of carbonyl (C=O) groups excluding carboxylic acids is 2. The van der Waals surface area contributed by atoms with Crippen LogP contribution in [0.4, 0.5) is 0 Å². The molecule has 1 aromatic carbocycles. The van der Waals surface area contributed by atoms with Gasteiger partial charge >= 0.3 is 11.9 Å². The van der Waals surface area contributed by atoms with Gasteiger partial charge in [0.15, 0.2) is 0 Å². The number of ether oxygens (including phenoxy) is 2. The molecule has 0 saturated carbocycles. The van der Waals surface area contributed by atoms with E-state index in [-0.39, 0.29) is 11.9 Å². The van der Waals surface area contributed by atoms with E-state index in [2.05, 4.69) is 0 Å². The molecule has 4 nitrogen and oxygen atoms in total. The number of rotatable bonds is 3. The molecule has 0 atom stereocenters. The maximum Gasteiger partial charge on any atom is 0.338 e. The Kier molecular flexibility index (Phi) is 4.26. The minimum atomic E-state index is -0.382. The van der Waals surface area contributed by atoms with Crippen LogP contribution in [0.2, 0.25) is 0 Å². The van der Waals surface area contributed by atoms with Gasteiger partial charge in [0, 0.05) is 6.92 Å². The van der Waals surface area contributed by atoms with Gasteiger partial charge in [0.2, 0.25) is 0 Å². The van der Waals surface area contributed by atoms with Crippen molar-refractivity contribution < 1.29 is 19.1 Å². The van der Waals surface area contributed by atoms with Crippen molar-refractivity contribution in [1.29, 1.82) is 0 Å². The van der Waals surface area contributed by atoms with Crippen molar-refractivity contribution >= 4 is 11.9 Å². The molecule has 0 aliphatic rings. The van der Waals surface area contributed by atoms with Gasteiger partial charge in [0.05, 0.1) is 12.2 Å². The summed E-state index contributed by atoms with van der Waals surface area (Å²) in [6.45, 7) is 7.00. The Morgan fingerprint density at radius 1 is 1.18 bits per heavy atom. The monoisotopic (exact) mass is 236 g/mol. The van der Waals surface area contributed by atoms with Crippen LogP contribution in [-0.2, 0) is 9.53 Å². The molecule has 0 spiro atoms. The lowest BCUT2D eigenvalue weighted by molar-refractivity contribution is -0.131. The van der Waals surface area contributed by atoms with Crippen LogP contribution in [-0.4, -0.2) is 18.5 Å². The fourth-order valence-electron chi connectivity index (χ4n) is 1.67. The number of aryl methyl sites for hydroxylation is 2. The summed E-state index contributed by atoms with van der Waals surface area (Å²) < 4.78 is 9.94. The van der Waals surface area contributed by atoms with Crippen molar-refractivity contribution in [3.05, 3.63) is 28.8 Å². The summed E-state index contributed by atoms with van der Waals surface area (Å²) >= 11 is 0. The van der Waals surface area contributed by atoms with E-state index >= 15 is 0 Å². The molecule has 0 amide bonds. The van der Waals surface area contributed by atoms with Gasteiger partial charge in [-0.15, -0.1) is 0 Å². The molecule has 0 saturated heterocycles. The maximum atomic E-state index is 11.7. The first-order chi connectivity index (χ1) is 7.95. The number of esters is 2. The van der Waals surface area contributed by atoms with E-state index < -0.39 is 0 Å². The Hall–Kier alpha value is -1.84. The zero-order valence-electron chi connectivity index (χ0n) is 10.5. The number of benzene rings is 1. The third kappa shape index (κ3) is 3.31. The van der Waals surface area contributed by atoms with E-state index in [0.717, 1.165) is 11.1 Å². The molecule has 0 heterocycles. The van der Waals surface area contributed by atoms with Crippen LogP contribution < -0.4 is 4.74 Å². The lowest BCUT2D eigenvalue weighted by Gasteiger charge is -2.11. The Morgan fingerprint density at radius 2 is 1.71 bits per heavy atom. The Bertz CT molecular complexity index is 426. The predicted molar refractivity (Wildman–Crippen MR) is 63.2 cm³/mol. The van der Waals surface area contributed by atoms with E-state index in [1.165, 1.54) is 6.92 Å². The van der Waals surface area contributed by atoms with E-state index in [1.54, 1.807) is 32.9 Å². The van der Waals surface area contributed by atoms with Crippen LogP contribution in [0, 0.1) is 13.8 Å². The third-order valence-electron chi connectivity index (χ3n) is 2.25. The summed E-state index contributed by atoms with van der Waals surface area (Å²) in [5.41, 5.74) is 2.00. The molecule has 92 valence electrons. The van der Waals surface area contributed by atoms with Crippen molar-refractivity contribution in [2.45, 2.75) is 27.7 Å². The predicted octanol–water partition coefficient (Wildman–Crippen LogP) is 2.41. The normalized spacial score (nSPS) is 9.88. The number of carbonyl (C=O) groups is 2. The highest BCUT2D eigenvalue weighted by molar-refractivity contribution is 5.93. The standard InChI is InChI=1S/C13H16O4/c1-5-16-13(15)12-8(2)6-11(7-9(12)3)17-10(4)14/h6-7H,5H2,1-4H3. The number of hydrogen-bond donors (Lipinski definition) is 0. The molecule has 0 N–H and O–H groups in total. The highest BCUT2D eigenvalue weighted by Crippen LogP contribution is 2.22. The second-order valence-corrected chi connectivity index (χ2v) is 3.75. The first kappa shape index (κ1) is 13.2. The van der Waals surface area contributed by atoms with Crippen LogP contribution in [0.3, 0.4) is 0 Å². The fraction of sp³-hybridized carbons (Fsp3) is 0.385. The summed E-state index contributed by atoms with van der Waals surface area (Å²) in [5, 5.41) is 0. The summed E-state index contributed by atoms with van der Waals surface area (Å²) in [7, 11) is 0. The van der Waals surface area contributed by atoms with Gasteiger partial charge in [-0.25, -0.2) is 4.79 Å². The van der Waals surface area contributed by atoms with Crippen LogP contribution in [0.1, 0.15) is 35.3 Å². The molecule has 0 aromatic heterocycles. The molecule has 0 bridgehead atoms. The first-order valence-electron chi connectivity index (χ1n) is 5.42. The molecular formula is C13H16O4. The zero-order chi connectivity index (χ0) is 13.0. The topological polar surface area (TPSA) is 52.6 Å². The van der Waals surface area contributed by atoms with Crippen molar-refractivity contribution in [2.75, 3.05) is 6.61 Å². The van der Waals surface area contributed by atoms with Crippen LogP contribution in [0.15, 0.2) is 12.1 Å². The quantitative estimate of drug-likeness (QED) is 0.597. The summed E-state index contributed by atoms with van der Waals surface area (Å²) in [6.07, 6.45) is 0. The van der Waals surface area contributed by atoms with E-state index in [4.69, 9.17) is 9.47 Å². The molecule has 17 heavy (non-hydrogen) atoms. The Labute approximate surface area is 101 Å². The smallest absolute Gasteiger partial charge is 0.338 e. The van der Waals surface area contributed by atoms with E-state index in [1.807, 2.05) is 0 Å². The van der Waals surface area contributed by atoms with Gasteiger partial charge < -0.3 is 9.47 Å². The molecule has 0 fully saturated rings. The van der Waals surface area contributed by atoms with Crippen LogP contribution in [0.25, 0.3) is 0 Å². The van der Waals surface area contributed by atoms with Crippen molar-refractivity contribution in [3.63, 3.8) is 0 Å². The van der Waals surface area contributed by atoms with Gasteiger partial charge in [-0.3, -0.25) is 4.79 Å². The van der Waals surface area contributed by atoms with E-state index in [0.29, 0.717) is 17.9 Å². The first-order valence-corrected chi connectivity index (χ1v) is 5.42. The molecule has 0 aliphatic heterocycles. The van der Waals surface area contributed by atoms with Crippen LogP contribution in [0.5, 0.6) is 5.75 Å². The van der Waals surface area contributed by atoms with Crippen molar-refractivity contribution in [3.8, 4) is 5.75 Å². The second-order valence-electron chi connectivity index (χ2n) is 3.75. The highest BCUT2D eigenvalue weighted by atomic mass is 16.5. The molecule has 0 unspecified atom stereocenters. The minimum absolute atomic E-state index is 0.337. The van der Waals surface area contributed by atoms with Gasteiger partial charge in [-0.05, 0) is 44.0 Å².